The fraction of sp³-hybridized carbons (Fsp3) is 0.522. The van der Waals surface area contributed by atoms with Crippen LogP contribution in [0.25, 0.3) is 11.1 Å². The first-order chi connectivity index (χ1) is 14.6. The molecule has 1 aliphatic heterocycles. The van der Waals surface area contributed by atoms with Crippen LogP contribution in [0.4, 0.5) is 5.82 Å². The fourth-order valence-corrected chi connectivity index (χ4v) is 4.37. The van der Waals surface area contributed by atoms with Gasteiger partial charge in [-0.1, -0.05) is 0 Å². The molecule has 2 N–H and O–H groups in total. The standard InChI is InChI=1S/C23H30N4O3/c1-30-21-11-18(12-24-14-21)16-4-9-22(25-13-16)27-10-2-3-17(15-27)23(29)26-19-5-7-20(28)8-6-19/h4,9,11-14,17,19-20,28H,2-3,5-8,10,15H2,1H3,(H,26,29)/t17-,19?,20?/m0/s1. The van der Waals surface area contributed by atoms with Crippen molar-refractivity contribution in [2.24, 2.45) is 5.92 Å². The van der Waals surface area contributed by atoms with Gasteiger partial charge in [0, 0.05) is 42.7 Å². The van der Waals surface area contributed by atoms with E-state index in [1.807, 2.05) is 24.4 Å². The van der Waals surface area contributed by atoms with Crippen LogP contribution in [0.15, 0.2) is 36.8 Å². The Balaban J connectivity index is 1.37. The number of anilines is 1. The highest BCUT2D eigenvalue weighted by atomic mass is 16.5. The third-order valence-corrected chi connectivity index (χ3v) is 6.19. The number of aliphatic hydroxyl groups is 1. The van der Waals surface area contributed by atoms with Crippen LogP contribution < -0.4 is 15.0 Å². The number of hydrogen-bond donors (Lipinski definition) is 2. The fourth-order valence-electron chi connectivity index (χ4n) is 4.37. The summed E-state index contributed by atoms with van der Waals surface area (Å²) in [6.07, 6.45) is 10.3. The molecule has 2 aromatic heterocycles. The Morgan fingerprint density at radius 1 is 1.13 bits per heavy atom. The summed E-state index contributed by atoms with van der Waals surface area (Å²) >= 11 is 0. The summed E-state index contributed by atoms with van der Waals surface area (Å²) in [7, 11) is 1.63. The van der Waals surface area contributed by atoms with E-state index in [1.165, 1.54) is 0 Å². The molecular formula is C23H30N4O3. The first-order valence-corrected chi connectivity index (χ1v) is 10.8. The van der Waals surface area contributed by atoms with Gasteiger partial charge in [0.15, 0.2) is 0 Å². The molecule has 7 heteroatoms. The number of nitrogens with zero attached hydrogens (tertiary/aromatic N) is 3. The van der Waals surface area contributed by atoms with Crippen LogP contribution in [0.1, 0.15) is 38.5 Å². The molecule has 4 rings (SSSR count). The second-order valence-electron chi connectivity index (χ2n) is 8.32. The summed E-state index contributed by atoms with van der Waals surface area (Å²) in [6.45, 7) is 1.60. The minimum Gasteiger partial charge on any atom is -0.495 e. The maximum atomic E-state index is 12.8. The van der Waals surface area contributed by atoms with Crippen LogP contribution in [0, 0.1) is 5.92 Å². The molecule has 7 nitrogen and oxygen atoms in total. The van der Waals surface area contributed by atoms with Gasteiger partial charge in [0.25, 0.3) is 0 Å². The Bertz CT molecular complexity index is 850. The van der Waals surface area contributed by atoms with Gasteiger partial charge in [0.05, 0.1) is 25.3 Å². The van der Waals surface area contributed by atoms with Crippen LogP contribution >= 0.6 is 0 Å². The SMILES string of the molecule is COc1cncc(-c2ccc(N3CCC[C@H](C(=O)NC4CCC(O)CC4)C3)nc2)c1. The maximum absolute atomic E-state index is 12.8. The largest absolute Gasteiger partial charge is 0.495 e. The van der Waals surface area contributed by atoms with E-state index in [0.29, 0.717) is 12.3 Å². The number of nitrogens with one attached hydrogen (secondary N) is 1. The number of amides is 1. The number of piperidine rings is 1. The summed E-state index contributed by atoms with van der Waals surface area (Å²) in [5, 5.41) is 12.9. The minimum absolute atomic E-state index is 0.0188. The number of hydrogen-bond acceptors (Lipinski definition) is 6. The van der Waals surface area contributed by atoms with Gasteiger partial charge in [-0.05, 0) is 56.7 Å². The molecule has 1 saturated carbocycles. The van der Waals surface area contributed by atoms with E-state index < -0.39 is 0 Å². The predicted molar refractivity (Wildman–Crippen MR) is 115 cm³/mol. The lowest BCUT2D eigenvalue weighted by Crippen LogP contribution is -2.47. The number of rotatable bonds is 5. The molecule has 0 unspecified atom stereocenters. The van der Waals surface area contributed by atoms with Gasteiger partial charge in [-0.2, -0.15) is 0 Å². The van der Waals surface area contributed by atoms with E-state index in [4.69, 9.17) is 4.74 Å². The Hall–Kier alpha value is -2.67. The Labute approximate surface area is 177 Å². The van der Waals surface area contributed by atoms with Crippen molar-refractivity contribution in [2.45, 2.75) is 50.7 Å². The van der Waals surface area contributed by atoms with E-state index in [1.54, 1.807) is 19.5 Å². The van der Waals surface area contributed by atoms with Crippen molar-refractivity contribution in [3.05, 3.63) is 36.8 Å². The van der Waals surface area contributed by atoms with Gasteiger partial charge in [0.1, 0.15) is 11.6 Å². The number of methoxy groups -OCH3 is 1. The van der Waals surface area contributed by atoms with Crippen LogP contribution in [0.3, 0.4) is 0 Å². The Morgan fingerprint density at radius 3 is 2.70 bits per heavy atom. The molecule has 1 saturated heterocycles. The van der Waals surface area contributed by atoms with E-state index in [-0.39, 0.29) is 24.0 Å². The quantitative estimate of drug-likeness (QED) is 0.788. The number of aromatic nitrogens is 2. The monoisotopic (exact) mass is 410 g/mol. The van der Waals surface area contributed by atoms with Gasteiger partial charge in [-0.15, -0.1) is 0 Å². The average molecular weight is 411 g/mol. The molecule has 0 radical (unpaired) electrons. The predicted octanol–water partition coefficient (Wildman–Crippen LogP) is 2.79. The summed E-state index contributed by atoms with van der Waals surface area (Å²) in [6, 6.07) is 6.19. The Kier molecular flexibility index (Phi) is 6.47. The zero-order valence-corrected chi connectivity index (χ0v) is 17.5. The molecule has 1 aliphatic carbocycles. The van der Waals surface area contributed by atoms with Crippen LogP contribution in [-0.4, -0.2) is 53.3 Å². The molecule has 1 atom stereocenters. The highest BCUT2D eigenvalue weighted by molar-refractivity contribution is 5.80. The lowest BCUT2D eigenvalue weighted by molar-refractivity contribution is -0.126. The molecule has 2 aliphatic rings. The second-order valence-corrected chi connectivity index (χ2v) is 8.32. The third kappa shape index (κ3) is 4.90. The summed E-state index contributed by atoms with van der Waals surface area (Å²) in [5.74, 6) is 1.73. The number of carbonyl (C=O) groups is 1. The van der Waals surface area contributed by atoms with E-state index in [2.05, 4.69) is 20.2 Å². The van der Waals surface area contributed by atoms with Crippen LogP contribution in [0.2, 0.25) is 0 Å². The zero-order chi connectivity index (χ0) is 20.9. The summed E-state index contributed by atoms with van der Waals surface area (Å²) < 4.78 is 5.25. The lowest BCUT2D eigenvalue weighted by Gasteiger charge is -2.34. The lowest BCUT2D eigenvalue weighted by atomic mass is 9.91. The number of pyridine rings is 2. The maximum Gasteiger partial charge on any atom is 0.225 e. The highest BCUT2D eigenvalue weighted by Gasteiger charge is 2.29. The molecule has 3 heterocycles. The molecule has 1 amide bonds. The number of carbonyl (C=O) groups excluding carboxylic acids is 1. The average Bonchev–Trinajstić information content (AvgIpc) is 2.81. The van der Waals surface area contributed by atoms with Gasteiger partial charge in [-0.3, -0.25) is 9.78 Å². The molecule has 30 heavy (non-hydrogen) atoms. The van der Waals surface area contributed by atoms with Gasteiger partial charge in [-0.25, -0.2) is 4.98 Å². The van der Waals surface area contributed by atoms with Crippen molar-refractivity contribution >= 4 is 11.7 Å². The van der Waals surface area contributed by atoms with Crippen molar-refractivity contribution in [2.75, 3.05) is 25.1 Å². The molecule has 160 valence electrons. The van der Waals surface area contributed by atoms with E-state index in [9.17, 15) is 9.90 Å². The van der Waals surface area contributed by atoms with Crippen LogP contribution in [0.5, 0.6) is 5.75 Å². The van der Waals surface area contributed by atoms with Gasteiger partial charge >= 0.3 is 0 Å². The zero-order valence-electron chi connectivity index (χ0n) is 17.5. The molecule has 2 fully saturated rings. The topological polar surface area (TPSA) is 87.6 Å². The first-order valence-electron chi connectivity index (χ1n) is 10.8. The first kappa shape index (κ1) is 20.6. The van der Waals surface area contributed by atoms with Gasteiger partial charge in [0.2, 0.25) is 5.91 Å². The minimum atomic E-state index is -0.204. The van der Waals surface area contributed by atoms with Gasteiger partial charge < -0.3 is 20.1 Å². The molecule has 0 bridgehead atoms. The normalized spacial score (nSPS) is 24.3. The third-order valence-electron chi connectivity index (χ3n) is 6.19. The number of ether oxygens (including phenoxy) is 1. The second kappa shape index (κ2) is 9.43. The van der Waals surface area contributed by atoms with Crippen molar-refractivity contribution in [1.29, 1.82) is 0 Å². The highest BCUT2D eigenvalue weighted by Crippen LogP contribution is 2.26. The van der Waals surface area contributed by atoms with Crippen molar-refractivity contribution < 1.29 is 14.6 Å². The van der Waals surface area contributed by atoms with E-state index >= 15 is 0 Å². The van der Waals surface area contributed by atoms with Crippen molar-refractivity contribution in [3.8, 4) is 16.9 Å². The number of aliphatic hydroxyl groups excluding tert-OH is 1. The van der Waals surface area contributed by atoms with Crippen molar-refractivity contribution in [1.82, 2.24) is 15.3 Å². The van der Waals surface area contributed by atoms with Crippen molar-refractivity contribution in [3.63, 3.8) is 0 Å². The molecule has 2 aromatic rings. The molecular weight excluding hydrogens is 380 g/mol. The molecule has 0 aromatic carbocycles. The van der Waals surface area contributed by atoms with Crippen LogP contribution in [-0.2, 0) is 4.79 Å². The summed E-state index contributed by atoms with van der Waals surface area (Å²) in [5.41, 5.74) is 1.94. The smallest absolute Gasteiger partial charge is 0.225 e. The van der Waals surface area contributed by atoms with E-state index in [0.717, 1.165) is 62.0 Å². The Morgan fingerprint density at radius 2 is 1.97 bits per heavy atom. The summed E-state index contributed by atoms with van der Waals surface area (Å²) in [4.78, 5) is 23.8. The molecule has 0 spiro atoms.